The number of esters is 1. The lowest BCUT2D eigenvalue weighted by molar-refractivity contribution is -0.160. The minimum absolute atomic E-state index is 0.0630. The van der Waals surface area contributed by atoms with Gasteiger partial charge >= 0.3 is 5.97 Å². The number of rotatable bonds is 16. The molecule has 0 fully saturated rings. The Bertz CT molecular complexity index is 704. The van der Waals surface area contributed by atoms with Gasteiger partial charge in [0.05, 0.1) is 42.0 Å². The van der Waals surface area contributed by atoms with E-state index in [1.54, 1.807) is 0 Å². The summed E-state index contributed by atoms with van der Waals surface area (Å²) < 4.78 is 24.6. The lowest BCUT2D eigenvalue weighted by Gasteiger charge is -2.44. The van der Waals surface area contributed by atoms with Gasteiger partial charge in [-0.3, -0.25) is 4.79 Å². The highest BCUT2D eigenvalue weighted by atomic mass is 16.6. The fraction of sp³-hybridized carbons (Fsp3) is 0.970. The first kappa shape index (κ1) is 37.4. The van der Waals surface area contributed by atoms with E-state index in [0.29, 0.717) is 19.1 Å². The maximum absolute atomic E-state index is 12.8. The van der Waals surface area contributed by atoms with Gasteiger partial charge in [-0.15, -0.1) is 0 Å². The van der Waals surface area contributed by atoms with Crippen LogP contribution in [0.15, 0.2) is 0 Å². The Morgan fingerprint density at radius 1 is 0.684 bits per heavy atom. The van der Waals surface area contributed by atoms with Crippen LogP contribution in [-0.2, 0) is 23.7 Å². The van der Waals surface area contributed by atoms with Gasteiger partial charge in [0.15, 0.2) is 0 Å². The van der Waals surface area contributed by atoms with Gasteiger partial charge in [0, 0.05) is 0 Å². The average Bonchev–Trinajstić information content (AvgIpc) is 2.66. The van der Waals surface area contributed by atoms with Crippen molar-refractivity contribution in [2.45, 2.75) is 160 Å². The molecule has 38 heavy (non-hydrogen) atoms. The van der Waals surface area contributed by atoms with Crippen LogP contribution in [0.2, 0.25) is 0 Å². The third-order valence-corrected chi connectivity index (χ3v) is 8.46. The molecule has 0 aliphatic rings. The fourth-order valence-corrected chi connectivity index (χ4v) is 4.40. The van der Waals surface area contributed by atoms with Crippen molar-refractivity contribution in [2.24, 2.45) is 28.1 Å². The summed E-state index contributed by atoms with van der Waals surface area (Å²) >= 11 is 0. The molecular weight excluding hydrogens is 476 g/mol. The molecule has 0 saturated carbocycles. The van der Waals surface area contributed by atoms with Gasteiger partial charge in [-0.2, -0.15) is 0 Å². The van der Waals surface area contributed by atoms with Crippen LogP contribution in [0.5, 0.6) is 0 Å². The van der Waals surface area contributed by atoms with Crippen LogP contribution in [-0.4, -0.2) is 48.7 Å². The highest BCUT2D eigenvalue weighted by Crippen LogP contribution is 2.40. The second kappa shape index (κ2) is 13.8. The first-order chi connectivity index (χ1) is 16.7. The normalized spacial score (nSPS) is 16.1. The summed E-state index contributed by atoms with van der Waals surface area (Å²) in [4.78, 5) is 12.8. The first-order valence-corrected chi connectivity index (χ1v) is 14.8. The monoisotopic (exact) mass is 542 g/mol. The summed E-state index contributed by atoms with van der Waals surface area (Å²) in [7, 11) is 0. The van der Waals surface area contributed by atoms with E-state index in [1.807, 2.05) is 0 Å². The zero-order valence-electron chi connectivity index (χ0n) is 28.5. The highest BCUT2D eigenvalue weighted by molar-refractivity contribution is 5.73. The molecule has 228 valence electrons. The molecule has 0 amide bonds. The number of carbonyl (C=O) groups excluding carboxylic acids is 1. The van der Waals surface area contributed by atoms with E-state index in [-0.39, 0.29) is 57.6 Å². The summed E-state index contributed by atoms with van der Waals surface area (Å²) in [6.45, 7) is 37.9. The molecule has 0 N–H and O–H groups in total. The Hall–Kier alpha value is -0.650. The lowest BCUT2D eigenvalue weighted by atomic mass is 9.72. The summed E-state index contributed by atoms with van der Waals surface area (Å²) in [5.74, 6) is 0.182. The molecule has 5 nitrogen and oxygen atoms in total. The predicted molar refractivity (Wildman–Crippen MR) is 161 cm³/mol. The van der Waals surface area contributed by atoms with Crippen LogP contribution in [0, 0.1) is 28.1 Å². The van der Waals surface area contributed by atoms with Crippen LogP contribution in [0.3, 0.4) is 0 Å². The Labute approximate surface area is 237 Å². The Kier molecular flexibility index (Phi) is 13.6. The molecule has 0 aromatic rings. The van der Waals surface area contributed by atoms with Crippen LogP contribution in [0.1, 0.15) is 137 Å². The quantitative estimate of drug-likeness (QED) is 0.144. The summed E-state index contributed by atoms with van der Waals surface area (Å²) in [5.41, 5.74) is -1.01. The average molecular weight is 543 g/mol. The maximum atomic E-state index is 12.8. The molecule has 2 atom stereocenters. The minimum Gasteiger partial charge on any atom is -0.463 e. The smallest absolute Gasteiger partial charge is 0.309 e. The molecule has 2 unspecified atom stereocenters. The first-order valence-electron chi connectivity index (χ1n) is 14.8. The van der Waals surface area contributed by atoms with Gasteiger partial charge in [0.25, 0.3) is 0 Å². The van der Waals surface area contributed by atoms with Gasteiger partial charge < -0.3 is 18.9 Å². The van der Waals surface area contributed by atoms with Crippen molar-refractivity contribution in [2.75, 3.05) is 19.8 Å². The van der Waals surface area contributed by atoms with Crippen LogP contribution in [0.4, 0.5) is 0 Å². The summed E-state index contributed by atoms with van der Waals surface area (Å²) in [6.07, 6.45) is 2.59. The van der Waals surface area contributed by atoms with Crippen LogP contribution < -0.4 is 0 Å². The third-order valence-electron chi connectivity index (χ3n) is 8.46. The van der Waals surface area contributed by atoms with Gasteiger partial charge in [0.2, 0.25) is 0 Å². The standard InChI is InChI=1S/C33H66O5/c1-24(2)32(14,15)38-25(3)22-30(10,11)33(16,17)37-19-18-31(12,13)36-21-20-35-27(34)26(29(7,8)9)23-28(4,5)6/h24-26H,18-23H2,1-17H3. The Morgan fingerprint density at radius 2 is 1.21 bits per heavy atom. The molecule has 0 radical (unpaired) electrons. The molecule has 5 heteroatoms. The molecule has 0 rings (SSSR count). The van der Waals surface area contributed by atoms with Gasteiger partial charge in [0.1, 0.15) is 6.61 Å². The fourth-order valence-electron chi connectivity index (χ4n) is 4.40. The van der Waals surface area contributed by atoms with Crippen molar-refractivity contribution < 1.29 is 23.7 Å². The zero-order chi connectivity index (χ0) is 30.4. The van der Waals surface area contributed by atoms with E-state index >= 15 is 0 Å². The largest absolute Gasteiger partial charge is 0.463 e. The molecular formula is C33H66O5. The molecule has 0 aromatic carbocycles. The van der Waals surface area contributed by atoms with Crippen LogP contribution >= 0.6 is 0 Å². The summed E-state index contributed by atoms with van der Waals surface area (Å²) in [6, 6.07) is 0. The van der Waals surface area contributed by atoms with E-state index in [0.717, 1.165) is 19.3 Å². The Morgan fingerprint density at radius 3 is 1.66 bits per heavy atom. The topological polar surface area (TPSA) is 54.0 Å². The molecule has 0 heterocycles. The van der Waals surface area contributed by atoms with Crippen molar-refractivity contribution >= 4 is 5.97 Å². The van der Waals surface area contributed by atoms with Crippen molar-refractivity contribution in [3.05, 3.63) is 0 Å². The minimum atomic E-state index is -0.376. The van der Waals surface area contributed by atoms with Crippen molar-refractivity contribution in [1.82, 2.24) is 0 Å². The van der Waals surface area contributed by atoms with E-state index in [2.05, 4.69) is 118 Å². The van der Waals surface area contributed by atoms with E-state index in [4.69, 9.17) is 18.9 Å². The number of ether oxygens (including phenoxy) is 4. The van der Waals surface area contributed by atoms with Gasteiger partial charge in [-0.25, -0.2) is 0 Å². The van der Waals surface area contributed by atoms with E-state index in [9.17, 15) is 4.79 Å². The van der Waals surface area contributed by atoms with Crippen molar-refractivity contribution in [1.29, 1.82) is 0 Å². The Balaban J connectivity index is 4.75. The second-order valence-electron chi connectivity index (χ2n) is 16.3. The molecule has 0 aliphatic heterocycles. The third kappa shape index (κ3) is 13.6. The van der Waals surface area contributed by atoms with E-state index < -0.39 is 0 Å². The maximum Gasteiger partial charge on any atom is 0.309 e. The zero-order valence-corrected chi connectivity index (χ0v) is 28.5. The lowest BCUT2D eigenvalue weighted by Crippen LogP contribution is -2.46. The SMILES string of the molecule is CC(CC(C)(C)C(C)(C)OCCC(C)(C)OCCOC(=O)C(CC(C)(C)C)C(C)(C)C)OC(C)(C)C(C)C. The summed E-state index contributed by atoms with van der Waals surface area (Å²) in [5, 5.41) is 0. The molecule has 0 spiro atoms. The van der Waals surface area contributed by atoms with Crippen LogP contribution in [0.25, 0.3) is 0 Å². The predicted octanol–water partition coefficient (Wildman–Crippen LogP) is 8.86. The van der Waals surface area contributed by atoms with E-state index in [1.165, 1.54) is 0 Å². The van der Waals surface area contributed by atoms with Crippen molar-refractivity contribution in [3.63, 3.8) is 0 Å². The molecule has 0 aliphatic carbocycles. The molecule has 0 saturated heterocycles. The van der Waals surface area contributed by atoms with Gasteiger partial charge in [-0.1, -0.05) is 69.2 Å². The second-order valence-corrected chi connectivity index (χ2v) is 16.3. The molecule has 0 bridgehead atoms. The number of hydrogen-bond acceptors (Lipinski definition) is 5. The van der Waals surface area contributed by atoms with Gasteiger partial charge in [-0.05, 0) is 89.9 Å². The highest BCUT2D eigenvalue weighted by Gasteiger charge is 2.41. The molecule has 0 aromatic heterocycles. The van der Waals surface area contributed by atoms with Crippen molar-refractivity contribution in [3.8, 4) is 0 Å². The number of hydrogen-bond donors (Lipinski definition) is 0. The number of carbonyl (C=O) groups is 1.